The second kappa shape index (κ2) is 2.97. The largest absolute Gasteiger partial charge is 0.298 e. The van der Waals surface area contributed by atoms with Crippen LogP contribution in [-0.2, 0) is 0 Å². The van der Waals surface area contributed by atoms with Gasteiger partial charge in [-0.3, -0.25) is 4.79 Å². The summed E-state index contributed by atoms with van der Waals surface area (Å²) in [6, 6.07) is 0.488. The molecule has 0 saturated carbocycles. The van der Waals surface area contributed by atoms with Crippen molar-refractivity contribution in [3.8, 4) is 0 Å². The molecule has 0 radical (unpaired) electrons. The van der Waals surface area contributed by atoms with Gasteiger partial charge in [0.25, 0.3) is 0 Å². The van der Waals surface area contributed by atoms with E-state index in [0.717, 1.165) is 6.92 Å². The predicted octanol–water partition coefficient (Wildman–Crippen LogP) is 2.22. The monoisotopic (exact) mass is 174 g/mol. The Labute approximate surface area is 66.8 Å². The van der Waals surface area contributed by atoms with E-state index in [9.17, 15) is 18.0 Å². The molecule has 0 spiro atoms. The summed E-state index contributed by atoms with van der Waals surface area (Å²) in [5, 5.41) is 0. The number of rotatable bonds is 1. The van der Waals surface area contributed by atoms with Gasteiger partial charge in [0.05, 0.1) is 5.56 Å². The molecule has 1 aromatic rings. The van der Waals surface area contributed by atoms with Crippen molar-refractivity contribution in [2.24, 2.45) is 0 Å². The fourth-order valence-electron chi connectivity index (χ4n) is 0.817. The Kier molecular flexibility index (Phi) is 2.17. The fraction of sp³-hybridized carbons (Fsp3) is 0.125. The Morgan fingerprint density at radius 3 is 2.33 bits per heavy atom. The molecule has 0 aromatic heterocycles. The van der Waals surface area contributed by atoms with Crippen LogP contribution in [0.1, 0.15) is 15.9 Å². The van der Waals surface area contributed by atoms with Crippen LogP contribution >= 0.6 is 0 Å². The molecule has 0 aliphatic rings. The van der Waals surface area contributed by atoms with Gasteiger partial charge in [0, 0.05) is 11.6 Å². The molecule has 0 saturated heterocycles. The van der Waals surface area contributed by atoms with E-state index in [-0.39, 0.29) is 11.8 Å². The maximum absolute atomic E-state index is 12.8. The van der Waals surface area contributed by atoms with Crippen LogP contribution in [0.15, 0.2) is 6.07 Å². The lowest BCUT2D eigenvalue weighted by Crippen LogP contribution is -1.99. The summed E-state index contributed by atoms with van der Waals surface area (Å²) in [5.41, 5.74) is -1.08. The van der Waals surface area contributed by atoms with Crippen LogP contribution in [0.3, 0.4) is 0 Å². The van der Waals surface area contributed by atoms with Gasteiger partial charge < -0.3 is 0 Å². The zero-order chi connectivity index (χ0) is 9.30. The number of benzene rings is 1. The van der Waals surface area contributed by atoms with Crippen LogP contribution in [0.4, 0.5) is 13.2 Å². The maximum Gasteiger partial charge on any atom is 0.155 e. The van der Waals surface area contributed by atoms with Crippen LogP contribution in [-0.4, -0.2) is 6.29 Å². The fourth-order valence-corrected chi connectivity index (χ4v) is 0.817. The minimum absolute atomic E-state index is 0.0249. The van der Waals surface area contributed by atoms with Crippen molar-refractivity contribution in [1.29, 1.82) is 0 Å². The van der Waals surface area contributed by atoms with Crippen molar-refractivity contribution >= 4 is 6.29 Å². The average molecular weight is 174 g/mol. The molecule has 4 heteroatoms. The molecule has 1 nitrogen and oxygen atoms in total. The van der Waals surface area contributed by atoms with Gasteiger partial charge in [-0.1, -0.05) is 0 Å². The van der Waals surface area contributed by atoms with Gasteiger partial charge in [-0.25, -0.2) is 13.2 Å². The lowest BCUT2D eigenvalue weighted by Gasteiger charge is -2.01. The molecule has 1 rings (SSSR count). The topological polar surface area (TPSA) is 17.1 Å². The molecule has 0 fully saturated rings. The molecule has 0 amide bonds. The molecule has 0 heterocycles. The van der Waals surface area contributed by atoms with Gasteiger partial charge in [0.1, 0.15) is 17.5 Å². The molecular formula is C8H5F3O. The highest BCUT2D eigenvalue weighted by Crippen LogP contribution is 2.17. The molecule has 0 unspecified atom stereocenters. The Morgan fingerprint density at radius 1 is 1.25 bits per heavy atom. The Bertz CT molecular complexity index is 334. The second-order valence-corrected chi connectivity index (χ2v) is 2.31. The van der Waals surface area contributed by atoms with E-state index >= 15 is 0 Å². The standard InChI is InChI=1S/C8H5F3O/c1-4-6(9)2-7(10)5(3-12)8(4)11/h2-3H,1H3. The highest BCUT2D eigenvalue weighted by Gasteiger charge is 2.14. The van der Waals surface area contributed by atoms with Crippen molar-refractivity contribution in [3.63, 3.8) is 0 Å². The summed E-state index contributed by atoms with van der Waals surface area (Å²) in [6.45, 7) is 1.14. The van der Waals surface area contributed by atoms with Crippen LogP contribution in [0.5, 0.6) is 0 Å². The van der Waals surface area contributed by atoms with Gasteiger partial charge >= 0.3 is 0 Å². The van der Waals surface area contributed by atoms with E-state index in [4.69, 9.17) is 0 Å². The van der Waals surface area contributed by atoms with Crippen molar-refractivity contribution in [2.45, 2.75) is 6.92 Å². The van der Waals surface area contributed by atoms with Gasteiger partial charge in [0.2, 0.25) is 0 Å². The lowest BCUT2D eigenvalue weighted by molar-refractivity contribution is 0.111. The highest BCUT2D eigenvalue weighted by molar-refractivity contribution is 5.76. The normalized spacial score (nSPS) is 10.0. The van der Waals surface area contributed by atoms with Crippen LogP contribution in [0.25, 0.3) is 0 Å². The lowest BCUT2D eigenvalue weighted by atomic mass is 10.1. The number of hydrogen-bond donors (Lipinski definition) is 0. The first-order chi connectivity index (χ1) is 5.57. The zero-order valence-corrected chi connectivity index (χ0v) is 6.20. The third-order valence-electron chi connectivity index (χ3n) is 1.55. The maximum atomic E-state index is 12.8. The number of aldehydes is 1. The smallest absolute Gasteiger partial charge is 0.155 e. The highest BCUT2D eigenvalue weighted by atomic mass is 19.1. The first-order valence-electron chi connectivity index (χ1n) is 3.17. The molecule has 0 bridgehead atoms. The van der Waals surface area contributed by atoms with Crippen molar-refractivity contribution < 1.29 is 18.0 Å². The van der Waals surface area contributed by atoms with E-state index in [1.54, 1.807) is 0 Å². The van der Waals surface area contributed by atoms with E-state index in [0.29, 0.717) is 6.07 Å². The van der Waals surface area contributed by atoms with Crippen LogP contribution in [0, 0.1) is 24.4 Å². The minimum atomic E-state index is -1.18. The van der Waals surface area contributed by atoms with E-state index in [1.807, 2.05) is 0 Å². The van der Waals surface area contributed by atoms with Gasteiger partial charge in [-0.15, -0.1) is 0 Å². The van der Waals surface area contributed by atoms with Crippen molar-refractivity contribution in [1.82, 2.24) is 0 Å². The SMILES string of the molecule is Cc1c(F)cc(F)c(C=O)c1F. The Hall–Kier alpha value is -1.32. The van der Waals surface area contributed by atoms with Crippen molar-refractivity contribution in [2.75, 3.05) is 0 Å². The number of hydrogen-bond acceptors (Lipinski definition) is 1. The van der Waals surface area contributed by atoms with Gasteiger partial charge in [0.15, 0.2) is 6.29 Å². The van der Waals surface area contributed by atoms with E-state index in [2.05, 4.69) is 0 Å². The van der Waals surface area contributed by atoms with Crippen LogP contribution in [0.2, 0.25) is 0 Å². The summed E-state index contributed by atoms with van der Waals surface area (Å²) in [7, 11) is 0. The Morgan fingerprint density at radius 2 is 1.83 bits per heavy atom. The summed E-state index contributed by atoms with van der Waals surface area (Å²) in [4.78, 5) is 10.1. The molecule has 64 valence electrons. The first-order valence-corrected chi connectivity index (χ1v) is 3.17. The number of carbonyl (C=O) groups is 1. The Balaban J connectivity index is 3.51. The zero-order valence-electron chi connectivity index (χ0n) is 6.20. The molecule has 0 atom stereocenters. The number of halogens is 3. The first kappa shape index (κ1) is 8.77. The molecule has 12 heavy (non-hydrogen) atoms. The minimum Gasteiger partial charge on any atom is -0.298 e. The summed E-state index contributed by atoms with van der Waals surface area (Å²) in [6.07, 6.45) is 0.0249. The second-order valence-electron chi connectivity index (χ2n) is 2.31. The van der Waals surface area contributed by atoms with Gasteiger partial charge in [-0.2, -0.15) is 0 Å². The molecule has 0 aliphatic carbocycles. The number of carbonyl (C=O) groups excluding carboxylic acids is 1. The summed E-state index contributed by atoms with van der Waals surface area (Å²) >= 11 is 0. The van der Waals surface area contributed by atoms with Crippen LogP contribution < -0.4 is 0 Å². The molecule has 0 aliphatic heterocycles. The molecule has 0 N–H and O–H groups in total. The summed E-state index contributed by atoms with van der Waals surface area (Å²) in [5.74, 6) is -3.30. The van der Waals surface area contributed by atoms with Gasteiger partial charge in [-0.05, 0) is 6.92 Å². The average Bonchev–Trinajstić information content (AvgIpc) is 2.01. The van der Waals surface area contributed by atoms with E-state index in [1.165, 1.54) is 0 Å². The summed E-state index contributed by atoms with van der Waals surface area (Å²) < 4.78 is 38.0. The third kappa shape index (κ3) is 1.20. The third-order valence-corrected chi connectivity index (χ3v) is 1.55. The predicted molar refractivity (Wildman–Crippen MR) is 36.4 cm³/mol. The quantitative estimate of drug-likeness (QED) is 0.596. The molecular weight excluding hydrogens is 169 g/mol. The molecule has 1 aromatic carbocycles. The van der Waals surface area contributed by atoms with Crippen molar-refractivity contribution in [3.05, 3.63) is 34.6 Å². The van der Waals surface area contributed by atoms with E-state index < -0.39 is 23.0 Å².